The minimum Gasteiger partial charge on any atom is -0.477 e. The highest BCUT2D eigenvalue weighted by molar-refractivity contribution is 5.96. The van der Waals surface area contributed by atoms with E-state index in [1.54, 1.807) is 6.92 Å². The van der Waals surface area contributed by atoms with E-state index < -0.39 is 0 Å². The maximum Gasteiger partial charge on any atom is 0.258 e. The van der Waals surface area contributed by atoms with E-state index in [0.29, 0.717) is 36.5 Å². The molecule has 1 fully saturated rings. The van der Waals surface area contributed by atoms with Gasteiger partial charge in [0.2, 0.25) is 5.88 Å². The first-order chi connectivity index (χ1) is 10.2. The van der Waals surface area contributed by atoms with Gasteiger partial charge in [0.05, 0.1) is 6.61 Å². The Labute approximate surface area is 125 Å². The Bertz CT molecular complexity index is 493. The lowest BCUT2D eigenvalue weighted by Crippen LogP contribution is -2.40. The standard InChI is InChI=1S/C15H24N4O2/c1-4-19-8-6-7-12(19)9-17-14(20)13-10-16-11(3)18-15(13)21-5-2/h10,12H,4-9H2,1-3H3,(H,17,20)/t12-/m0/s1. The molecule has 116 valence electrons. The molecule has 0 unspecified atom stereocenters. The van der Waals surface area contributed by atoms with Crippen LogP contribution in [0.2, 0.25) is 0 Å². The number of hydrogen-bond donors (Lipinski definition) is 1. The molecule has 1 N–H and O–H groups in total. The maximum absolute atomic E-state index is 12.3. The summed E-state index contributed by atoms with van der Waals surface area (Å²) in [5, 5.41) is 2.98. The Balaban J connectivity index is 2.00. The molecule has 0 aliphatic carbocycles. The van der Waals surface area contributed by atoms with Crippen molar-refractivity contribution in [3.8, 4) is 5.88 Å². The number of aromatic nitrogens is 2. The number of amides is 1. The van der Waals surface area contributed by atoms with Crippen molar-refractivity contribution in [3.63, 3.8) is 0 Å². The second kappa shape index (κ2) is 7.36. The van der Waals surface area contributed by atoms with E-state index in [1.165, 1.54) is 12.6 Å². The molecule has 1 aliphatic rings. The summed E-state index contributed by atoms with van der Waals surface area (Å²) in [5.41, 5.74) is 0.406. The fourth-order valence-electron chi connectivity index (χ4n) is 2.70. The van der Waals surface area contributed by atoms with Crippen LogP contribution in [0.15, 0.2) is 6.20 Å². The van der Waals surface area contributed by atoms with E-state index in [-0.39, 0.29) is 5.91 Å². The minimum absolute atomic E-state index is 0.165. The van der Waals surface area contributed by atoms with Crippen LogP contribution in [0.3, 0.4) is 0 Å². The summed E-state index contributed by atoms with van der Waals surface area (Å²) in [5.74, 6) is 0.797. The molecule has 1 aromatic rings. The molecule has 1 atom stereocenters. The first-order valence-corrected chi connectivity index (χ1v) is 7.64. The molecule has 0 bridgehead atoms. The van der Waals surface area contributed by atoms with Crippen molar-refractivity contribution < 1.29 is 9.53 Å². The van der Waals surface area contributed by atoms with Crippen LogP contribution >= 0.6 is 0 Å². The maximum atomic E-state index is 12.3. The zero-order valence-electron chi connectivity index (χ0n) is 13.1. The Morgan fingerprint density at radius 1 is 1.52 bits per heavy atom. The van der Waals surface area contributed by atoms with Crippen molar-refractivity contribution in [2.75, 3.05) is 26.2 Å². The van der Waals surface area contributed by atoms with Gasteiger partial charge in [0, 0.05) is 18.8 Å². The first-order valence-electron chi connectivity index (χ1n) is 7.64. The highest BCUT2D eigenvalue weighted by atomic mass is 16.5. The van der Waals surface area contributed by atoms with Crippen LogP contribution in [0.4, 0.5) is 0 Å². The second-order valence-corrected chi connectivity index (χ2v) is 5.20. The molecule has 0 saturated carbocycles. The molecule has 0 spiro atoms. The lowest BCUT2D eigenvalue weighted by Gasteiger charge is -2.23. The normalized spacial score (nSPS) is 18.7. The topological polar surface area (TPSA) is 67.3 Å². The highest BCUT2D eigenvalue weighted by Gasteiger charge is 2.24. The van der Waals surface area contributed by atoms with Crippen molar-refractivity contribution in [1.82, 2.24) is 20.2 Å². The minimum atomic E-state index is -0.165. The van der Waals surface area contributed by atoms with Gasteiger partial charge in [-0.1, -0.05) is 6.92 Å². The third kappa shape index (κ3) is 3.91. The predicted octanol–water partition coefficient (Wildman–Crippen LogP) is 1.40. The lowest BCUT2D eigenvalue weighted by atomic mass is 10.2. The number of nitrogens with zero attached hydrogens (tertiary/aromatic N) is 3. The third-order valence-corrected chi connectivity index (χ3v) is 3.80. The first kappa shape index (κ1) is 15.7. The van der Waals surface area contributed by atoms with E-state index >= 15 is 0 Å². The van der Waals surface area contributed by atoms with Gasteiger partial charge in [0.25, 0.3) is 5.91 Å². The van der Waals surface area contributed by atoms with Crippen molar-refractivity contribution in [3.05, 3.63) is 17.6 Å². The summed E-state index contributed by atoms with van der Waals surface area (Å²) in [4.78, 5) is 23.0. The van der Waals surface area contributed by atoms with Gasteiger partial charge in [-0.3, -0.25) is 9.69 Å². The van der Waals surface area contributed by atoms with Gasteiger partial charge in [0.1, 0.15) is 11.4 Å². The summed E-state index contributed by atoms with van der Waals surface area (Å²) in [6, 6.07) is 0.431. The summed E-state index contributed by atoms with van der Waals surface area (Å²) in [6.45, 7) is 9.09. The second-order valence-electron chi connectivity index (χ2n) is 5.20. The zero-order valence-corrected chi connectivity index (χ0v) is 13.1. The molecule has 6 nitrogen and oxygen atoms in total. The monoisotopic (exact) mass is 292 g/mol. The summed E-state index contributed by atoms with van der Waals surface area (Å²) in [7, 11) is 0. The summed E-state index contributed by atoms with van der Waals surface area (Å²) < 4.78 is 5.43. The largest absolute Gasteiger partial charge is 0.477 e. The molecule has 6 heteroatoms. The van der Waals surface area contributed by atoms with E-state index in [9.17, 15) is 4.79 Å². The van der Waals surface area contributed by atoms with Gasteiger partial charge < -0.3 is 10.1 Å². The lowest BCUT2D eigenvalue weighted by molar-refractivity contribution is 0.0936. The molecule has 1 aliphatic heterocycles. The highest BCUT2D eigenvalue weighted by Crippen LogP contribution is 2.17. The van der Waals surface area contributed by atoms with Gasteiger partial charge in [0.15, 0.2) is 0 Å². The smallest absolute Gasteiger partial charge is 0.258 e. The van der Waals surface area contributed by atoms with Crippen molar-refractivity contribution in [2.45, 2.75) is 39.7 Å². The number of aryl methyl sites for hydroxylation is 1. The van der Waals surface area contributed by atoms with Gasteiger partial charge in [-0.05, 0) is 39.8 Å². The van der Waals surface area contributed by atoms with Crippen molar-refractivity contribution in [2.24, 2.45) is 0 Å². The molecule has 1 aromatic heterocycles. The quantitative estimate of drug-likeness (QED) is 0.858. The van der Waals surface area contributed by atoms with Crippen LogP contribution in [0.1, 0.15) is 42.9 Å². The zero-order chi connectivity index (χ0) is 15.2. The fourth-order valence-corrected chi connectivity index (χ4v) is 2.70. The van der Waals surface area contributed by atoms with Crippen LogP contribution < -0.4 is 10.1 Å². The average Bonchev–Trinajstić information content (AvgIpc) is 2.93. The number of carbonyl (C=O) groups excluding carboxylic acids is 1. The molecule has 21 heavy (non-hydrogen) atoms. The van der Waals surface area contributed by atoms with Crippen LogP contribution in [-0.2, 0) is 0 Å². The Hall–Kier alpha value is -1.69. The number of likely N-dealkylation sites (tertiary alicyclic amines) is 1. The average molecular weight is 292 g/mol. The molecule has 0 radical (unpaired) electrons. The molecular weight excluding hydrogens is 268 g/mol. The molecule has 0 aromatic carbocycles. The van der Waals surface area contributed by atoms with Crippen LogP contribution in [0.5, 0.6) is 5.88 Å². The summed E-state index contributed by atoms with van der Waals surface area (Å²) in [6.07, 6.45) is 3.87. The number of ether oxygens (including phenoxy) is 1. The summed E-state index contributed by atoms with van der Waals surface area (Å²) >= 11 is 0. The van der Waals surface area contributed by atoms with E-state index in [0.717, 1.165) is 19.5 Å². The van der Waals surface area contributed by atoms with Crippen LogP contribution in [0, 0.1) is 6.92 Å². The van der Waals surface area contributed by atoms with Crippen LogP contribution in [-0.4, -0.2) is 53.1 Å². The Morgan fingerprint density at radius 2 is 2.33 bits per heavy atom. The SMILES string of the molecule is CCOc1nc(C)ncc1C(=O)NC[C@@H]1CCCN1CC. The number of nitrogens with one attached hydrogen (secondary N) is 1. The number of likely N-dealkylation sites (N-methyl/N-ethyl adjacent to an activating group) is 1. The van der Waals surface area contributed by atoms with E-state index in [2.05, 4.69) is 27.1 Å². The van der Waals surface area contributed by atoms with E-state index in [4.69, 9.17) is 4.74 Å². The molecule has 2 heterocycles. The van der Waals surface area contributed by atoms with E-state index in [1.807, 2.05) is 6.92 Å². The van der Waals surface area contributed by atoms with Crippen molar-refractivity contribution >= 4 is 5.91 Å². The molecular formula is C15H24N4O2. The molecule has 1 amide bonds. The van der Waals surface area contributed by atoms with Gasteiger partial charge >= 0.3 is 0 Å². The fraction of sp³-hybridized carbons (Fsp3) is 0.667. The predicted molar refractivity (Wildman–Crippen MR) is 80.5 cm³/mol. The number of rotatable bonds is 6. The van der Waals surface area contributed by atoms with Crippen molar-refractivity contribution in [1.29, 1.82) is 0 Å². The third-order valence-electron chi connectivity index (χ3n) is 3.80. The Kier molecular flexibility index (Phi) is 5.50. The number of hydrogen-bond acceptors (Lipinski definition) is 5. The Morgan fingerprint density at radius 3 is 3.05 bits per heavy atom. The molecule has 1 saturated heterocycles. The van der Waals surface area contributed by atoms with Gasteiger partial charge in [-0.2, -0.15) is 4.98 Å². The van der Waals surface area contributed by atoms with Crippen LogP contribution in [0.25, 0.3) is 0 Å². The van der Waals surface area contributed by atoms with Gasteiger partial charge in [-0.15, -0.1) is 0 Å². The molecule has 2 rings (SSSR count). The van der Waals surface area contributed by atoms with Gasteiger partial charge in [-0.25, -0.2) is 4.98 Å². The number of carbonyl (C=O) groups is 1.